The first-order valence-corrected chi connectivity index (χ1v) is 12.8. The third-order valence-corrected chi connectivity index (χ3v) is 8.15. The van der Waals surface area contributed by atoms with E-state index in [4.69, 9.17) is 32.5 Å². The number of nitrogens with zero attached hydrogens (tertiary/aromatic N) is 3. The number of methoxy groups -OCH3 is 1. The quantitative estimate of drug-likeness (QED) is 0.329. The van der Waals surface area contributed by atoms with E-state index in [0.29, 0.717) is 52.7 Å². The van der Waals surface area contributed by atoms with Crippen LogP contribution in [0.4, 0.5) is 14.6 Å². The SMILES string of the molecule is COC(=O)c1cnc(N2C[C@@H]3C[C@H]2C[C@H]3OCc2c(-c3c(Cl)cccc3Cl)noc2C2(F)CC2)c(F)c1. The number of hydrogen-bond donors (Lipinski definition) is 0. The van der Waals surface area contributed by atoms with E-state index in [-0.39, 0.29) is 41.8 Å². The molecule has 3 aliphatic rings. The molecule has 2 aromatic heterocycles. The maximum absolute atomic E-state index is 15.1. The number of ether oxygens (including phenoxy) is 2. The van der Waals surface area contributed by atoms with Crippen LogP contribution in [0.2, 0.25) is 10.0 Å². The second-order valence-electron chi connectivity index (χ2n) is 9.81. The lowest BCUT2D eigenvalue weighted by atomic mass is 10.0. The average Bonchev–Trinajstić information content (AvgIpc) is 3.22. The van der Waals surface area contributed by atoms with Crippen LogP contribution < -0.4 is 4.90 Å². The summed E-state index contributed by atoms with van der Waals surface area (Å²) in [6, 6.07) is 6.30. The largest absolute Gasteiger partial charge is 0.465 e. The Morgan fingerprint density at radius 2 is 2.03 bits per heavy atom. The van der Waals surface area contributed by atoms with Crippen molar-refractivity contribution in [2.24, 2.45) is 5.92 Å². The summed E-state index contributed by atoms with van der Waals surface area (Å²) in [6.07, 6.45) is 3.42. The molecule has 1 saturated heterocycles. The molecule has 0 spiro atoms. The van der Waals surface area contributed by atoms with E-state index in [1.54, 1.807) is 18.2 Å². The number of hydrogen-bond acceptors (Lipinski definition) is 7. The third-order valence-electron chi connectivity index (χ3n) is 7.52. The molecule has 1 aliphatic heterocycles. The molecule has 0 N–H and O–H groups in total. The molecule has 0 amide bonds. The smallest absolute Gasteiger partial charge is 0.339 e. The number of esters is 1. The molecule has 37 heavy (non-hydrogen) atoms. The Morgan fingerprint density at radius 1 is 1.27 bits per heavy atom. The van der Waals surface area contributed by atoms with Crippen LogP contribution >= 0.6 is 23.2 Å². The molecule has 3 aromatic rings. The van der Waals surface area contributed by atoms with Crippen LogP contribution in [0.3, 0.4) is 0 Å². The molecule has 2 bridgehead atoms. The fourth-order valence-corrected chi connectivity index (χ4v) is 6.06. The second kappa shape index (κ2) is 9.22. The Labute approximate surface area is 221 Å². The fourth-order valence-electron chi connectivity index (χ4n) is 5.48. The first kappa shape index (κ1) is 24.6. The summed E-state index contributed by atoms with van der Waals surface area (Å²) >= 11 is 12.8. The molecule has 2 aliphatic carbocycles. The molecule has 3 heterocycles. The number of fused-ring (bicyclic) bond motifs is 2. The predicted octanol–water partition coefficient (Wildman–Crippen LogP) is 6.11. The van der Waals surface area contributed by atoms with Gasteiger partial charge in [-0.05, 0) is 43.9 Å². The van der Waals surface area contributed by atoms with Gasteiger partial charge in [-0.25, -0.2) is 18.6 Å². The minimum absolute atomic E-state index is 0.0383. The highest BCUT2D eigenvalue weighted by molar-refractivity contribution is 6.39. The van der Waals surface area contributed by atoms with Gasteiger partial charge in [-0.3, -0.25) is 0 Å². The molecule has 7 nitrogen and oxygen atoms in total. The standard InChI is InChI=1S/C26H23Cl2F2N3O4/c1-35-25(34)13-8-19(29)24(31-10-13)33-11-14-7-15(33)9-20(14)36-12-16-22(21-17(27)3-2-4-18(21)28)32-37-23(16)26(30)5-6-26/h2-4,8,10,14-15,20H,5-7,9,11-12H2,1H3/t14-,15-,20+/m0/s1. The van der Waals surface area contributed by atoms with Crippen LogP contribution in [0, 0.1) is 11.7 Å². The van der Waals surface area contributed by atoms with Crippen LogP contribution in [0.15, 0.2) is 35.0 Å². The molecule has 2 saturated carbocycles. The number of aromatic nitrogens is 2. The van der Waals surface area contributed by atoms with Gasteiger partial charge in [0, 0.05) is 30.3 Å². The summed E-state index contributed by atoms with van der Waals surface area (Å²) in [5.74, 6) is -0.687. The highest BCUT2D eigenvalue weighted by Crippen LogP contribution is 2.53. The minimum atomic E-state index is -1.55. The Kier molecular flexibility index (Phi) is 6.12. The maximum Gasteiger partial charge on any atom is 0.339 e. The van der Waals surface area contributed by atoms with Gasteiger partial charge in [0.05, 0.1) is 41.0 Å². The lowest BCUT2D eigenvalue weighted by Gasteiger charge is -2.32. The number of carbonyl (C=O) groups excluding carboxylic acids is 1. The molecular formula is C26H23Cl2F2N3O4. The van der Waals surface area contributed by atoms with Gasteiger partial charge in [0.25, 0.3) is 0 Å². The van der Waals surface area contributed by atoms with Gasteiger partial charge in [-0.1, -0.05) is 34.4 Å². The number of anilines is 1. The first-order valence-electron chi connectivity index (χ1n) is 12.0. The molecule has 6 rings (SSSR count). The Bertz CT molecular complexity index is 1360. The van der Waals surface area contributed by atoms with Gasteiger partial charge < -0.3 is 18.9 Å². The molecule has 0 unspecified atom stereocenters. The van der Waals surface area contributed by atoms with Crippen molar-refractivity contribution in [3.05, 3.63) is 63.2 Å². The fraction of sp³-hybridized carbons (Fsp3) is 0.423. The summed E-state index contributed by atoms with van der Waals surface area (Å²) in [6.45, 7) is 0.652. The lowest BCUT2D eigenvalue weighted by molar-refractivity contribution is 0.0113. The summed E-state index contributed by atoms with van der Waals surface area (Å²) in [5, 5.41) is 4.92. The monoisotopic (exact) mass is 549 g/mol. The van der Waals surface area contributed by atoms with Crippen LogP contribution in [-0.4, -0.2) is 41.9 Å². The number of pyridine rings is 1. The van der Waals surface area contributed by atoms with Crippen molar-refractivity contribution in [2.45, 2.75) is 50.1 Å². The maximum atomic E-state index is 15.1. The van der Waals surface area contributed by atoms with E-state index >= 15 is 4.39 Å². The van der Waals surface area contributed by atoms with Crippen molar-refractivity contribution in [3.8, 4) is 11.3 Å². The van der Waals surface area contributed by atoms with E-state index in [1.165, 1.54) is 13.3 Å². The summed E-state index contributed by atoms with van der Waals surface area (Å²) in [4.78, 5) is 17.8. The Morgan fingerprint density at radius 3 is 2.65 bits per heavy atom. The Hall–Kier alpha value is -2.75. The van der Waals surface area contributed by atoms with Crippen molar-refractivity contribution in [3.63, 3.8) is 0 Å². The average molecular weight is 550 g/mol. The van der Waals surface area contributed by atoms with E-state index in [1.807, 2.05) is 4.90 Å². The zero-order chi connectivity index (χ0) is 25.9. The van der Waals surface area contributed by atoms with Gasteiger partial charge in [0.2, 0.25) is 0 Å². The van der Waals surface area contributed by atoms with Gasteiger partial charge in [-0.2, -0.15) is 0 Å². The van der Waals surface area contributed by atoms with Gasteiger partial charge in [0.15, 0.2) is 23.1 Å². The molecule has 1 aromatic carbocycles. The first-order chi connectivity index (χ1) is 17.8. The predicted molar refractivity (Wildman–Crippen MR) is 132 cm³/mol. The summed E-state index contributed by atoms with van der Waals surface area (Å²) < 4.78 is 46.3. The second-order valence-corrected chi connectivity index (χ2v) is 10.6. The van der Waals surface area contributed by atoms with Gasteiger partial charge in [-0.15, -0.1) is 0 Å². The molecule has 0 radical (unpaired) electrons. The zero-order valence-corrected chi connectivity index (χ0v) is 21.4. The highest BCUT2D eigenvalue weighted by Gasteiger charge is 2.52. The van der Waals surface area contributed by atoms with Gasteiger partial charge >= 0.3 is 5.97 Å². The molecule has 3 atom stereocenters. The third kappa shape index (κ3) is 4.27. The zero-order valence-electron chi connectivity index (χ0n) is 19.8. The van der Waals surface area contributed by atoms with Crippen LogP contribution in [0.5, 0.6) is 0 Å². The number of halogens is 4. The van der Waals surface area contributed by atoms with Crippen molar-refractivity contribution < 1.29 is 27.6 Å². The summed E-state index contributed by atoms with van der Waals surface area (Å²) in [7, 11) is 1.24. The van der Waals surface area contributed by atoms with Crippen molar-refractivity contribution in [1.82, 2.24) is 10.1 Å². The van der Waals surface area contributed by atoms with E-state index < -0.39 is 17.5 Å². The normalized spacial score (nSPS) is 23.5. The van der Waals surface area contributed by atoms with E-state index in [0.717, 1.165) is 12.5 Å². The number of piperidine rings is 1. The van der Waals surface area contributed by atoms with Crippen LogP contribution in [-0.2, 0) is 21.7 Å². The van der Waals surface area contributed by atoms with E-state index in [2.05, 4.69) is 14.9 Å². The van der Waals surface area contributed by atoms with Crippen LogP contribution in [0.1, 0.15) is 47.4 Å². The Balaban J connectivity index is 1.19. The molecule has 11 heteroatoms. The van der Waals surface area contributed by atoms with Gasteiger partial charge in [0.1, 0.15) is 5.69 Å². The topological polar surface area (TPSA) is 77.7 Å². The number of benzene rings is 1. The highest BCUT2D eigenvalue weighted by atomic mass is 35.5. The lowest BCUT2D eigenvalue weighted by Crippen LogP contribution is -2.39. The van der Waals surface area contributed by atoms with Crippen LogP contribution in [0.25, 0.3) is 11.3 Å². The van der Waals surface area contributed by atoms with Crippen molar-refractivity contribution in [1.29, 1.82) is 0 Å². The van der Waals surface area contributed by atoms with Crippen molar-refractivity contribution in [2.75, 3.05) is 18.6 Å². The molecule has 194 valence electrons. The number of rotatable bonds is 7. The molecule has 3 fully saturated rings. The number of carbonyl (C=O) groups is 1. The molecular weight excluding hydrogens is 527 g/mol. The minimum Gasteiger partial charge on any atom is -0.465 e. The summed E-state index contributed by atoms with van der Waals surface area (Å²) in [5.41, 5.74) is -0.103. The van der Waals surface area contributed by atoms with Crippen molar-refractivity contribution >= 4 is 35.0 Å². The van der Waals surface area contributed by atoms with E-state index in [9.17, 15) is 9.18 Å². The number of alkyl halides is 1.